The molecule has 6 nitrogen and oxygen atoms in total. The lowest BCUT2D eigenvalue weighted by Gasteiger charge is -2.31. The summed E-state index contributed by atoms with van der Waals surface area (Å²) in [5.74, 6) is 2.15. The van der Waals surface area contributed by atoms with Crippen molar-refractivity contribution < 1.29 is 9.53 Å². The van der Waals surface area contributed by atoms with E-state index < -0.39 is 0 Å². The van der Waals surface area contributed by atoms with Crippen LogP contribution in [0.5, 0.6) is 5.75 Å². The van der Waals surface area contributed by atoms with Crippen LogP contribution in [0.25, 0.3) is 11.0 Å². The van der Waals surface area contributed by atoms with E-state index in [9.17, 15) is 4.79 Å². The van der Waals surface area contributed by atoms with Crippen molar-refractivity contribution in [1.29, 1.82) is 0 Å². The number of imidazole rings is 1. The second kappa shape index (κ2) is 11.8. The molecule has 5 rings (SSSR count). The number of amides is 1. The first-order chi connectivity index (χ1) is 18.1. The summed E-state index contributed by atoms with van der Waals surface area (Å²) in [5.41, 5.74) is 4.54. The number of fused-ring (bicyclic) bond motifs is 1. The number of carbonyl (C=O) groups excluding carboxylic acids is 1. The molecule has 192 valence electrons. The molecule has 2 heterocycles. The molecule has 1 aromatic heterocycles. The van der Waals surface area contributed by atoms with Gasteiger partial charge in [0.2, 0.25) is 5.91 Å². The van der Waals surface area contributed by atoms with Crippen molar-refractivity contribution in [2.75, 3.05) is 26.7 Å². The monoisotopic (exact) mass is 516 g/mol. The predicted octanol–water partition coefficient (Wildman–Crippen LogP) is 5.32. The molecule has 1 aliphatic rings. The maximum absolute atomic E-state index is 12.8. The number of carbonyl (C=O) groups is 1. The van der Waals surface area contributed by atoms with E-state index in [1.165, 1.54) is 11.1 Å². The molecule has 1 saturated heterocycles. The number of hydrogen-bond acceptors (Lipinski definition) is 4. The van der Waals surface area contributed by atoms with Gasteiger partial charge in [-0.3, -0.25) is 9.69 Å². The summed E-state index contributed by atoms with van der Waals surface area (Å²) >= 11 is 5.95. The zero-order valence-corrected chi connectivity index (χ0v) is 22.0. The summed E-state index contributed by atoms with van der Waals surface area (Å²) in [6.07, 6.45) is 2.54. The molecule has 0 bridgehead atoms. The van der Waals surface area contributed by atoms with Gasteiger partial charge in [-0.1, -0.05) is 48.0 Å². The zero-order valence-electron chi connectivity index (χ0n) is 21.2. The molecule has 0 atom stereocenters. The third kappa shape index (κ3) is 6.32. The molecule has 1 fully saturated rings. The molecule has 37 heavy (non-hydrogen) atoms. The normalized spacial score (nSPS) is 14.6. The molecule has 1 N–H and O–H groups in total. The molecule has 0 radical (unpaired) electrons. The summed E-state index contributed by atoms with van der Waals surface area (Å²) in [6.45, 7) is 3.96. The number of piperidine rings is 1. The molecule has 0 spiro atoms. The van der Waals surface area contributed by atoms with Crippen LogP contribution in [0.2, 0.25) is 5.02 Å². The van der Waals surface area contributed by atoms with Gasteiger partial charge in [-0.15, -0.1) is 0 Å². The fourth-order valence-corrected chi connectivity index (χ4v) is 5.14. The fourth-order valence-electron chi connectivity index (χ4n) is 5.01. The summed E-state index contributed by atoms with van der Waals surface area (Å²) in [6, 6.07) is 24.3. The fraction of sp³-hybridized carbons (Fsp3) is 0.333. The minimum atomic E-state index is 0.0691. The van der Waals surface area contributed by atoms with Crippen molar-refractivity contribution in [3.8, 4) is 5.75 Å². The maximum Gasteiger partial charge on any atom is 0.223 e. The first-order valence-corrected chi connectivity index (χ1v) is 13.3. The van der Waals surface area contributed by atoms with Crippen molar-refractivity contribution in [1.82, 2.24) is 19.8 Å². The molecule has 4 aromatic rings. The van der Waals surface area contributed by atoms with Gasteiger partial charge in [-0.05, 0) is 79.9 Å². The average Bonchev–Trinajstić information content (AvgIpc) is 3.27. The van der Waals surface area contributed by atoms with Crippen LogP contribution in [0.4, 0.5) is 0 Å². The van der Waals surface area contributed by atoms with Crippen LogP contribution in [0.3, 0.4) is 0 Å². The second-order valence-electron chi connectivity index (χ2n) is 9.67. The molecule has 7 heteroatoms. The van der Waals surface area contributed by atoms with Gasteiger partial charge in [0, 0.05) is 24.0 Å². The van der Waals surface area contributed by atoms with Crippen LogP contribution < -0.4 is 10.1 Å². The van der Waals surface area contributed by atoms with E-state index in [2.05, 4.69) is 45.1 Å². The minimum Gasteiger partial charge on any atom is -0.497 e. The molecular formula is C30H33ClN4O2. The highest BCUT2D eigenvalue weighted by atomic mass is 35.5. The predicted molar refractivity (Wildman–Crippen MR) is 148 cm³/mol. The molecular weight excluding hydrogens is 484 g/mol. The van der Waals surface area contributed by atoms with Crippen LogP contribution in [0.15, 0.2) is 72.8 Å². The van der Waals surface area contributed by atoms with E-state index in [0.717, 1.165) is 73.1 Å². The topological polar surface area (TPSA) is 59.4 Å². The Kier molecular flexibility index (Phi) is 8.07. The van der Waals surface area contributed by atoms with E-state index in [1.54, 1.807) is 7.11 Å². The number of likely N-dealkylation sites (tertiary alicyclic amines) is 1. The Bertz CT molecular complexity index is 1330. The Labute approximate surface area is 223 Å². The standard InChI is InChI=1S/C30H33ClN4O2/c1-37-26-12-8-23(9-13-26)20-35-28-5-3-2-4-27(28)33-29(35)21-34-18-15-24(16-19-34)30(36)32-17-14-22-6-10-25(31)11-7-22/h2-13,24H,14-21H2,1H3,(H,32,36). The Morgan fingerprint density at radius 1 is 0.973 bits per heavy atom. The van der Waals surface area contributed by atoms with Crippen molar-refractivity contribution in [3.05, 3.63) is 94.8 Å². The van der Waals surface area contributed by atoms with Gasteiger partial charge in [-0.25, -0.2) is 4.98 Å². The number of ether oxygens (including phenoxy) is 1. The number of para-hydroxylation sites is 2. The summed E-state index contributed by atoms with van der Waals surface area (Å²) in [4.78, 5) is 20.1. The Morgan fingerprint density at radius 3 is 2.41 bits per heavy atom. The average molecular weight is 517 g/mol. The molecule has 0 saturated carbocycles. The number of hydrogen-bond donors (Lipinski definition) is 1. The number of nitrogens with zero attached hydrogens (tertiary/aromatic N) is 3. The van der Waals surface area contributed by atoms with Crippen LogP contribution in [0, 0.1) is 5.92 Å². The van der Waals surface area contributed by atoms with Crippen molar-refractivity contribution in [2.45, 2.75) is 32.4 Å². The van der Waals surface area contributed by atoms with Gasteiger partial charge in [0.1, 0.15) is 11.6 Å². The highest BCUT2D eigenvalue weighted by Gasteiger charge is 2.26. The smallest absolute Gasteiger partial charge is 0.223 e. The van der Waals surface area contributed by atoms with E-state index in [4.69, 9.17) is 21.3 Å². The number of methoxy groups -OCH3 is 1. The van der Waals surface area contributed by atoms with Crippen molar-refractivity contribution in [3.63, 3.8) is 0 Å². The van der Waals surface area contributed by atoms with Crippen LogP contribution in [-0.4, -0.2) is 47.1 Å². The third-order valence-electron chi connectivity index (χ3n) is 7.18. The first-order valence-electron chi connectivity index (χ1n) is 12.9. The van der Waals surface area contributed by atoms with Crippen LogP contribution in [0.1, 0.15) is 29.8 Å². The van der Waals surface area contributed by atoms with E-state index in [0.29, 0.717) is 6.54 Å². The largest absolute Gasteiger partial charge is 0.497 e. The van der Waals surface area contributed by atoms with Crippen LogP contribution >= 0.6 is 11.6 Å². The lowest BCUT2D eigenvalue weighted by Crippen LogP contribution is -2.41. The number of rotatable bonds is 9. The summed E-state index contributed by atoms with van der Waals surface area (Å²) in [7, 11) is 1.69. The van der Waals surface area contributed by atoms with Gasteiger partial charge in [-0.2, -0.15) is 0 Å². The molecule has 0 aliphatic carbocycles. The van der Waals surface area contributed by atoms with E-state index in [-0.39, 0.29) is 11.8 Å². The van der Waals surface area contributed by atoms with Gasteiger partial charge < -0.3 is 14.6 Å². The number of halogens is 1. The number of aromatic nitrogens is 2. The Morgan fingerprint density at radius 2 is 1.68 bits per heavy atom. The molecule has 1 aliphatic heterocycles. The lowest BCUT2D eigenvalue weighted by molar-refractivity contribution is -0.126. The van der Waals surface area contributed by atoms with Gasteiger partial charge in [0.25, 0.3) is 0 Å². The molecule has 1 amide bonds. The zero-order chi connectivity index (χ0) is 25.6. The van der Waals surface area contributed by atoms with Crippen LogP contribution in [-0.2, 0) is 24.3 Å². The highest BCUT2D eigenvalue weighted by Crippen LogP contribution is 2.23. The lowest BCUT2D eigenvalue weighted by atomic mass is 9.96. The SMILES string of the molecule is COc1ccc(Cn2c(CN3CCC(C(=O)NCCc4ccc(Cl)cc4)CC3)nc3ccccc32)cc1. The van der Waals surface area contributed by atoms with E-state index >= 15 is 0 Å². The maximum atomic E-state index is 12.8. The third-order valence-corrected chi connectivity index (χ3v) is 7.43. The van der Waals surface area contributed by atoms with Gasteiger partial charge >= 0.3 is 0 Å². The number of nitrogens with one attached hydrogen (secondary N) is 1. The molecule has 0 unspecified atom stereocenters. The van der Waals surface area contributed by atoms with Crippen molar-refractivity contribution in [2.24, 2.45) is 5.92 Å². The van der Waals surface area contributed by atoms with Gasteiger partial charge in [0.15, 0.2) is 0 Å². The second-order valence-corrected chi connectivity index (χ2v) is 10.1. The Hall–Kier alpha value is -3.35. The summed E-state index contributed by atoms with van der Waals surface area (Å²) in [5, 5.41) is 3.86. The minimum absolute atomic E-state index is 0.0691. The quantitative estimate of drug-likeness (QED) is 0.327. The number of benzene rings is 3. The Balaban J connectivity index is 1.17. The molecule has 3 aromatic carbocycles. The van der Waals surface area contributed by atoms with Gasteiger partial charge in [0.05, 0.1) is 24.7 Å². The first kappa shape index (κ1) is 25.3. The van der Waals surface area contributed by atoms with Crippen molar-refractivity contribution >= 4 is 28.5 Å². The van der Waals surface area contributed by atoms with E-state index in [1.807, 2.05) is 42.5 Å². The summed E-state index contributed by atoms with van der Waals surface area (Å²) < 4.78 is 7.62. The highest BCUT2D eigenvalue weighted by molar-refractivity contribution is 6.30.